The zero-order chi connectivity index (χ0) is 18.5. The summed E-state index contributed by atoms with van der Waals surface area (Å²) in [7, 11) is 0. The van der Waals surface area contributed by atoms with E-state index in [-0.39, 0.29) is 17.6 Å². The van der Waals surface area contributed by atoms with Crippen LogP contribution in [0, 0.1) is 10.1 Å². The molecule has 26 heavy (non-hydrogen) atoms. The van der Waals surface area contributed by atoms with Crippen LogP contribution < -0.4 is 5.32 Å². The van der Waals surface area contributed by atoms with Crippen LogP contribution in [0.15, 0.2) is 54.6 Å². The summed E-state index contributed by atoms with van der Waals surface area (Å²) in [4.78, 5) is 38.2. The second kappa shape index (κ2) is 7.64. The Morgan fingerprint density at radius 2 is 1.46 bits per heavy atom. The molecule has 1 N–H and O–H groups in total. The van der Waals surface area contributed by atoms with Crippen molar-refractivity contribution in [1.82, 2.24) is 9.80 Å². The SMILES string of the molecule is O=C(Nc1ccc([N+](=O)[O-])cc1)N1CCN(C(=O)c2ccccc2)CC1. The third kappa shape index (κ3) is 3.97. The normalized spacial score (nSPS) is 14.0. The van der Waals surface area contributed by atoms with Gasteiger partial charge in [-0.1, -0.05) is 18.2 Å². The van der Waals surface area contributed by atoms with Gasteiger partial charge in [0.1, 0.15) is 0 Å². The van der Waals surface area contributed by atoms with Crippen LogP contribution in [0.25, 0.3) is 0 Å². The minimum absolute atomic E-state index is 0.0314. The number of carbonyl (C=O) groups is 2. The predicted molar refractivity (Wildman–Crippen MR) is 96.0 cm³/mol. The number of nitro benzene ring substituents is 1. The highest BCUT2D eigenvalue weighted by molar-refractivity contribution is 5.94. The van der Waals surface area contributed by atoms with E-state index in [0.717, 1.165) is 0 Å². The first-order valence-corrected chi connectivity index (χ1v) is 8.19. The second-order valence-electron chi connectivity index (χ2n) is 5.88. The van der Waals surface area contributed by atoms with Crippen molar-refractivity contribution in [2.75, 3.05) is 31.5 Å². The largest absolute Gasteiger partial charge is 0.335 e. The van der Waals surface area contributed by atoms with Crippen LogP contribution in [0.4, 0.5) is 16.2 Å². The van der Waals surface area contributed by atoms with Crippen LogP contribution in [0.5, 0.6) is 0 Å². The minimum Gasteiger partial charge on any atom is -0.335 e. The van der Waals surface area contributed by atoms with E-state index in [9.17, 15) is 19.7 Å². The van der Waals surface area contributed by atoms with Crippen LogP contribution in [0.3, 0.4) is 0 Å². The fourth-order valence-electron chi connectivity index (χ4n) is 2.74. The molecular formula is C18H18N4O4. The number of amides is 3. The lowest BCUT2D eigenvalue weighted by Crippen LogP contribution is -2.51. The van der Waals surface area contributed by atoms with Crippen LogP contribution >= 0.6 is 0 Å². The summed E-state index contributed by atoms with van der Waals surface area (Å²) in [5.74, 6) is -0.0407. The number of hydrogen-bond acceptors (Lipinski definition) is 4. The number of nitrogens with zero attached hydrogens (tertiary/aromatic N) is 3. The molecule has 0 spiro atoms. The fraction of sp³-hybridized carbons (Fsp3) is 0.222. The van der Waals surface area contributed by atoms with E-state index in [4.69, 9.17) is 0 Å². The summed E-state index contributed by atoms with van der Waals surface area (Å²) in [5, 5.41) is 13.4. The van der Waals surface area contributed by atoms with Gasteiger partial charge in [0.05, 0.1) is 4.92 Å². The molecule has 2 aromatic carbocycles. The van der Waals surface area contributed by atoms with E-state index in [0.29, 0.717) is 37.4 Å². The zero-order valence-electron chi connectivity index (χ0n) is 14.0. The van der Waals surface area contributed by atoms with Crippen molar-refractivity contribution < 1.29 is 14.5 Å². The monoisotopic (exact) mass is 354 g/mol. The Morgan fingerprint density at radius 1 is 0.885 bits per heavy atom. The van der Waals surface area contributed by atoms with Gasteiger partial charge in [-0.2, -0.15) is 0 Å². The fourth-order valence-corrected chi connectivity index (χ4v) is 2.74. The molecular weight excluding hydrogens is 336 g/mol. The van der Waals surface area contributed by atoms with E-state index in [1.54, 1.807) is 21.9 Å². The standard InChI is InChI=1S/C18H18N4O4/c23-17(14-4-2-1-3-5-14)20-10-12-21(13-11-20)18(24)19-15-6-8-16(9-7-15)22(25)26/h1-9H,10-13H2,(H,19,24). The molecule has 0 radical (unpaired) electrons. The van der Waals surface area contributed by atoms with Crippen molar-refractivity contribution in [2.24, 2.45) is 0 Å². The predicted octanol–water partition coefficient (Wildman–Crippen LogP) is 2.58. The first-order chi connectivity index (χ1) is 12.5. The number of hydrogen-bond donors (Lipinski definition) is 1. The summed E-state index contributed by atoms with van der Waals surface area (Å²) in [6, 6.07) is 14.4. The summed E-state index contributed by atoms with van der Waals surface area (Å²) in [6.45, 7) is 1.78. The lowest BCUT2D eigenvalue weighted by molar-refractivity contribution is -0.384. The number of anilines is 1. The molecule has 0 atom stereocenters. The molecule has 0 aromatic heterocycles. The van der Waals surface area contributed by atoms with Crippen molar-refractivity contribution in [1.29, 1.82) is 0 Å². The van der Waals surface area contributed by atoms with Crippen molar-refractivity contribution in [3.63, 3.8) is 0 Å². The van der Waals surface area contributed by atoms with E-state index in [1.807, 2.05) is 18.2 Å². The first-order valence-electron chi connectivity index (χ1n) is 8.19. The lowest BCUT2D eigenvalue weighted by atomic mass is 10.2. The molecule has 1 aliphatic rings. The molecule has 1 aliphatic heterocycles. The summed E-state index contributed by atoms with van der Waals surface area (Å²) < 4.78 is 0. The molecule has 8 heteroatoms. The molecule has 0 bridgehead atoms. The molecule has 3 rings (SSSR count). The van der Waals surface area contributed by atoms with Gasteiger partial charge in [0.25, 0.3) is 11.6 Å². The maximum Gasteiger partial charge on any atom is 0.321 e. The lowest BCUT2D eigenvalue weighted by Gasteiger charge is -2.34. The van der Waals surface area contributed by atoms with E-state index < -0.39 is 4.92 Å². The second-order valence-corrected chi connectivity index (χ2v) is 5.88. The summed E-state index contributed by atoms with van der Waals surface area (Å²) in [6.07, 6.45) is 0. The number of piperazine rings is 1. The average molecular weight is 354 g/mol. The minimum atomic E-state index is -0.491. The summed E-state index contributed by atoms with van der Waals surface area (Å²) >= 11 is 0. The molecule has 8 nitrogen and oxygen atoms in total. The van der Waals surface area contributed by atoms with E-state index in [2.05, 4.69) is 5.32 Å². The Bertz CT molecular complexity index is 800. The van der Waals surface area contributed by atoms with Crippen molar-refractivity contribution in [3.8, 4) is 0 Å². The number of carbonyl (C=O) groups excluding carboxylic acids is 2. The summed E-state index contributed by atoms with van der Waals surface area (Å²) in [5.41, 5.74) is 1.09. The average Bonchev–Trinajstić information content (AvgIpc) is 2.68. The highest BCUT2D eigenvalue weighted by atomic mass is 16.6. The highest BCUT2D eigenvalue weighted by Crippen LogP contribution is 2.16. The maximum absolute atomic E-state index is 12.4. The van der Waals surface area contributed by atoms with Crippen LogP contribution in [-0.4, -0.2) is 52.8 Å². The van der Waals surface area contributed by atoms with Gasteiger partial charge in [0, 0.05) is 49.6 Å². The first kappa shape index (κ1) is 17.4. The van der Waals surface area contributed by atoms with Gasteiger partial charge in [-0.15, -0.1) is 0 Å². The highest BCUT2D eigenvalue weighted by Gasteiger charge is 2.24. The van der Waals surface area contributed by atoms with Crippen molar-refractivity contribution >= 4 is 23.3 Å². The van der Waals surface area contributed by atoms with Crippen molar-refractivity contribution in [2.45, 2.75) is 0 Å². The van der Waals surface area contributed by atoms with Gasteiger partial charge in [-0.25, -0.2) is 4.79 Å². The Morgan fingerprint density at radius 3 is 2.04 bits per heavy atom. The van der Waals surface area contributed by atoms with E-state index >= 15 is 0 Å². The van der Waals surface area contributed by atoms with Gasteiger partial charge in [-0.05, 0) is 24.3 Å². The third-order valence-corrected chi connectivity index (χ3v) is 4.20. The Balaban J connectivity index is 1.53. The number of benzene rings is 2. The van der Waals surface area contributed by atoms with E-state index in [1.165, 1.54) is 24.3 Å². The zero-order valence-corrected chi connectivity index (χ0v) is 14.0. The maximum atomic E-state index is 12.4. The van der Waals surface area contributed by atoms with Gasteiger partial charge in [-0.3, -0.25) is 14.9 Å². The Hall–Kier alpha value is -3.42. The van der Waals surface area contributed by atoms with Gasteiger partial charge < -0.3 is 15.1 Å². The molecule has 1 heterocycles. The number of nitro groups is 1. The smallest absolute Gasteiger partial charge is 0.321 e. The van der Waals surface area contributed by atoms with Crippen molar-refractivity contribution in [3.05, 3.63) is 70.3 Å². The van der Waals surface area contributed by atoms with Gasteiger partial charge in [0.2, 0.25) is 0 Å². The van der Waals surface area contributed by atoms with Gasteiger partial charge >= 0.3 is 6.03 Å². The van der Waals surface area contributed by atoms with Crippen LogP contribution in [0.2, 0.25) is 0 Å². The Labute approximate surface area is 150 Å². The number of non-ortho nitro benzene ring substituents is 1. The van der Waals surface area contributed by atoms with Crippen LogP contribution in [-0.2, 0) is 0 Å². The Kier molecular flexibility index (Phi) is 5.12. The molecule has 3 amide bonds. The number of urea groups is 1. The number of nitrogens with one attached hydrogen (secondary N) is 1. The molecule has 134 valence electrons. The molecule has 2 aromatic rings. The third-order valence-electron chi connectivity index (χ3n) is 4.20. The topological polar surface area (TPSA) is 95.8 Å². The van der Waals surface area contributed by atoms with Gasteiger partial charge in [0.15, 0.2) is 0 Å². The molecule has 0 saturated carbocycles. The molecule has 0 unspecified atom stereocenters. The molecule has 1 fully saturated rings. The van der Waals surface area contributed by atoms with Crippen LogP contribution in [0.1, 0.15) is 10.4 Å². The molecule has 1 saturated heterocycles. The molecule has 0 aliphatic carbocycles. The number of rotatable bonds is 3. The quantitative estimate of drug-likeness (QED) is 0.677.